The van der Waals surface area contributed by atoms with E-state index >= 15 is 0 Å². The van der Waals surface area contributed by atoms with Crippen molar-refractivity contribution in [2.45, 2.75) is 31.9 Å². The molecule has 0 saturated heterocycles. The molecule has 0 aliphatic heterocycles. The standard InChI is InChI=1S/C9H11F3O3/c10-9(11,12)7(13)5-3-1-2-4-6(5)8(14)15/h5-6H,1-4H2,(H,14,15). The first-order valence-electron chi connectivity index (χ1n) is 4.68. The van der Waals surface area contributed by atoms with E-state index in [0.717, 1.165) is 0 Å². The summed E-state index contributed by atoms with van der Waals surface area (Å²) in [5, 5.41) is 8.70. The molecule has 0 aromatic rings. The van der Waals surface area contributed by atoms with Crippen LogP contribution in [0.4, 0.5) is 13.2 Å². The molecule has 1 saturated carbocycles. The molecule has 0 radical (unpaired) electrons. The van der Waals surface area contributed by atoms with E-state index in [-0.39, 0.29) is 12.8 Å². The van der Waals surface area contributed by atoms with Gasteiger partial charge in [-0.15, -0.1) is 0 Å². The van der Waals surface area contributed by atoms with Crippen LogP contribution in [0, 0.1) is 11.8 Å². The molecule has 1 aliphatic carbocycles. The largest absolute Gasteiger partial charge is 0.481 e. The van der Waals surface area contributed by atoms with Crippen LogP contribution < -0.4 is 0 Å². The van der Waals surface area contributed by atoms with Crippen molar-refractivity contribution in [3.63, 3.8) is 0 Å². The van der Waals surface area contributed by atoms with Crippen LogP contribution in [0.1, 0.15) is 25.7 Å². The van der Waals surface area contributed by atoms with Crippen LogP contribution in [0.3, 0.4) is 0 Å². The summed E-state index contributed by atoms with van der Waals surface area (Å²) in [6.07, 6.45) is -3.69. The monoisotopic (exact) mass is 224 g/mol. The second-order valence-corrected chi connectivity index (χ2v) is 3.70. The van der Waals surface area contributed by atoms with Crippen molar-refractivity contribution in [1.82, 2.24) is 0 Å². The molecule has 1 aliphatic rings. The molecule has 1 N–H and O–H groups in total. The minimum atomic E-state index is -4.92. The van der Waals surface area contributed by atoms with E-state index in [4.69, 9.17) is 5.11 Å². The second-order valence-electron chi connectivity index (χ2n) is 3.70. The van der Waals surface area contributed by atoms with Crippen molar-refractivity contribution < 1.29 is 27.9 Å². The van der Waals surface area contributed by atoms with E-state index in [1.165, 1.54) is 0 Å². The number of carbonyl (C=O) groups is 2. The van der Waals surface area contributed by atoms with Crippen molar-refractivity contribution in [1.29, 1.82) is 0 Å². The van der Waals surface area contributed by atoms with E-state index < -0.39 is 29.8 Å². The molecule has 0 bridgehead atoms. The smallest absolute Gasteiger partial charge is 0.450 e. The summed E-state index contributed by atoms with van der Waals surface area (Å²) in [4.78, 5) is 21.6. The van der Waals surface area contributed by atoms with Gasteiger partial charge in [-0.2, -0.15) is 13.2 Å². The minimum absolute atomic E-state index is 0.0231. The molecule has 2 atom stereocenters. The lowest BCUT2D eigenvalue weighted by Crippen LogP contribution is -2.39. The topological polar surface area (TPSA) is 54.4 Å². The quantitative estimate of drug-likeness (QED) is 0.780. The lowest BCUT2D eigenvalue weighted by Gasteiger charge is -2.27. The molecule has 0 aromatic heterocycles. The summed E-state index contributed by atoms with van der Waals surface area (Å²) < 4.78 is 36.4. The highest BCUT2D eigenvalue weighted by atomic mass is 19.4. The zero-order valence-electron chi connectivity index (χ0n) is 7.88. The van der Waals surface area contributed by atoms with Gasteiger partial charge in [0.05, 0.1) is 5.92 Å². The highest BCUT2D eigenvalue weighted by Crippen LogP contribution is 2.35. The predicted molar refractivity (Wildman–Crippen MR) is 44.1 cm³/mol. The summed E-state index contributed by atoms with van der Waals surface area (Å²) in [5.74, 6) is -5.77. The molecule has 6 heteroatoms. The first kappa shape index (κ1) is 12.0. The van der Waals surface area contributed by atoms with Crippen molar-refractivity contribution in [3.8, 4) is 0 Å². The number of aliphatic carboxylic acids is 1. The summed E-state index contributed by atoms with van der Waals surface area (Å²) in [5.41, 5.74) is 0. The first-order chi connectivity index (χ1) is 6.84. The number of halogens is 3. The van der Waals surface area contributed by atoms with Crippen LogP contribution in [0.25, 0.3) is 0 Å². The van der Waals surface area contributed by atoms with Gasteiger partial charge in [0, 0.05) is 5.92 Å². The highest BCUT2D eigenvalue weighted by molar-refractivity contribution is 5.90. The fourth-order valence-electron chi connectivity index (χ4n) is 1.95. The maximum absolute atomic E-state index is 12.1. The van der Waals surface area contributed by atoms with E-state index in [0.29, 0.717) is 12.8 Å². The van der Waals surface area contributed by atoms with Crippen LogP contribution in [0.2, 0.25) is 0 Å². The lowest BCUT2D eigenvalue weighted by molar-refractivity contribution is -0.180. The van der Waals surface area contributed by atoms with E-state index in [1.807, 2.05) is 0 Å². The Morgan fingerprint density at radius 3 is 1.93 bits per heavy atom. The van der Waals surface area contributed by atoms with Gasteiger partial charge < -0.3 is 5.11 Å². The van der Waals surface area contributed by atoms with E-state index in [1.54, 1.807) is 0 Å². The van der Waals surface area contributed by atoms with Crippen molar-refractivity contribution in [3.05, 3.63) is 0 Å². The molecule has 0 heterocycles. The molecular formula is C9H11F3O3. The third-order valence-electron chi connectivity index (χ3n) is 2.70. The lowest BCUT2D eigenvalue weighted by atomic mass is 9.77. The van der Waals surface area contributed by atoms with Crippen LogP contribution in [0.15, 0.2) is 0 Å². The molecule has 0 spiro atoms. The zero-order valence-corrected chi connectivity index (χ0v) is 7.88. The number of carbonyl (C=O) groups excluding carboxylic acids is 1. The molecule has 1 fully saturated rings. The molecule has 86 valence electrons. The third kappa shape index (κ3) is 2.70. The average Bonchev–Trinajstić information content (AvgIpc) is 2.15. The number of Topliss-reactive ketones (excluding diaryl/α,β-unsaturated/α-hetero) is 1. The number of ketones is 1. The van der Waals surface area contributed by atoms with Gasteiger partial charge in [0.2, 0.25) is 5.78 Å². The van der Waals surface area contributed by atoms with Gasteiger partial charge in [-0.3, -0.25) is 9.59 Å². The van der Waals surface area contributed by atoms with Gasteiger partial charge in [0.15, 0.2) is 0 Å². The first-order valence-corrected chi connectivity index (χ1v) is 4.68. The Morgan fingerprint density at radius 2 is 1.53 bits per heavy atom. The number of hydrogen-bond donors (Lipinski definition) is 1. The summed E-state index contributed by atoms with van der Waals surface area (Å²) >= 11 is 0. The molecule has 15 heavy (non-hydrogen) atoms. The van der Waals surface area contributed by atoms with Crippen molar-refractivity contribution >= 4 is 11.8 Å². The fourth-order valence-corrected chi connectivity index (χ4v) is 1.95. The van der Waals surface area contributed by atoms with Crippen LogP contribution >= 0.6 is 0 Å². The van der Waals surface area contributed by atoms with Gasteiger partial charge in [-0.1, -0.05) is 12.8 Å². The summed E-state index contributed by atoms with van der Waals surface area (Å²) in [6, 6.07) is 0. The number of rotatable bonds is 2. The number of hydrogen-bond acceptors (Lipinski definition) is 2. The molecule has 0 amide bonds. The third-order valence-corrected chi connectivity index (χ3v) is 2.70. The van der Waals surface area contributed by atoms with Gasteiger partial charge >= 0.3 is 12.1 Å². The maximum Gasteiger partial charge on any atom is 0.450 e. The SMILES string of the molecule is O=C(O)C1CCCCC1C(=O)C(F)(F)F. The van der Waals surface area contributed by atoms with Gasteiger partial charge in [0.1, 0.15) is 0 Å². The predicted octanol–water partition coefficient (Wildman–Crippen LogP) is 2.01. The van der Waals surface area contributed by atoms with Crippen molar-refractivity contribution in [2.24, 2.45) is 11.8 Å². The molecule has 0 aromatic carbocycles. The number of alkyl halides is 3. The van der Waals surface area contributed by atoms with E-state index in [9.17, 15) is 22.8 Å². The minimum Gasteiger partial charge on any atom is -0.481 e. The van der Waals surface area contributed by atoms with Crippen molar-refractivity contribution in [2.75, 3.05) is 0 Å². The molecule has 2 unspecified atom stereocenters. The zero-order chi connectivity index (χ0) is 11.6. The highest BCUT2D eigenvalue weighted by Gasteiger charge is 2.48. The Hall–Kier alpha value is -1.07. The summed E-state index contributed by atoms with van der Waals surface area (Å²) in [6.45, 7) is 0. The number of carboxylic acid groups (broad SMARTS) is 1. The van der Waals surface area contributed by atoms with Gasteiger partial charge in [0.25, 0.3) is 0 Å². The Labute approximate surface area is 84.3 Å². The maximum atomic E-state index is 12.1. The molecule has 3 nitrogen and oxygen atoms in total. The van der Waals surface area contributed by atoms with Gasteiger partial charge in [-0.05, 0) is 12.8 Å². The second kappa shape index (κ2) is 4.20. The average molecular weight is 224 g/mol. The Kier molecular flexibility index (Phi) is 3.36. The number of carboxylic acids is 1. The molecule has 1 rings (SSSR count). The fraction of sp³-hybridized carbons (Fsp3) is 0.778. The van der Waals surface area contributed by atoms with E-state index in [2.05, 4.69) is 0 Å². The summed E-state index contributed by atoms with van der Waals surface area (Å²) in [7, 11) is 0. The van der Waals surface area contributed by atoms with Gasteiger partial charge in [-0.25, -0.2) is 0 Å². The Bertz CT molecular complexity index is 272. The van der Waals surface area contributed by atoms with Crippen LogP contribution in [-0.4, -0.2) is 23.0 Å². The normalized spacial score (nSPS) is 27.4. The Balaban J connectivity index is 2.81. The van der Waals surface area contributed by atoms with Crippen LogP contribution in [0.5, 0.6) is 0 Å². The van der Waals surface area contributed by atoms with Crippen LogP contribution in [-0.2, 0) is 9.59 Å². The molecular weight excluding hydrogens is 213 g/mol. The Morgan fingerprint density at radius 1 is 1.07 bits per heavy atom.